The third kappa shape index (κ3) is 6.26. The number of nitrogens with one attached hydrogen (secondary N) is 3. The summed E-state index contributed by atoms with van der Waals surface area (Å²) in [7, 11) is -3.81. The van der Waals surface area contributed by atoms with Crippen LogP contribution in [0.3, 0.4) is 0 Å². The molecule has 1 aliphatic heterocycles. The van der Waals surface area contributed by atoms with Crippen molar-refractivity contribution in [3.63, 3.8) is 0 Å². The highest BCUT2D eigenvalue weighted by Gasteiger charge is 2.19. The fourth-order valence-corrected chi connectivity index (χ4v) is 4.80. The van der Waals surface area contributed by atoms with Gasteiger partial charge in [-0.3, -0.25) is 14.3 Å². The summed E-state index contributed by atoms with van der Waals surface area (Å²) in [6, 6.07) is 19.4. The van der Waals surface area contributed by atoms with Crippen molar-refractivity contribution in [2.45, 2.75) is 30.8 Å². The molecule has 35 heavy (non-hydrogen) atoms. The van der Waals surface area contributed by atoms with Gasteiger partial charge in [-0.2, -0.15) is 0 Å². The van der Waals surface area contributed by atoms with Crippen LogP contribution in [0.5, 0.6) is 0 Å². The average molecular weight is 494 g/mol. The summed E-state index contributed by atoms with van der Waals surface area (Å²) in [5, 5.41) is 5.61. The van der Waals surface area contributed by atoms with Crippen LogP contribution in [0.4, 0.5) is 11.4 Å². The van der Waals surface area contributed by atoms with Gasteiger partial charge in [0, 0.05) is 24.4 Å². The van der Waals surface area contributed by atoms with Crippen LogP contribution < -0.4 is 15.4 Å². The second kappa shape index (κ2) is 10.7. The molecule has 1 saturated heterocycles. The Morgan fingerprint density at radius 2 is 1.74 bits per heavy atom. The molecule has 1 fully saturated rings. The van der Waals surface area contributed by atoms with Crippen molar-refractivity contribution in [2.75, 3.05) is 23.2 Å². The SMILES string of the molecule is Cc1ccc(S(=O)(=O)Nc2cccc(C(=O)Nc3ccccc3C(=O)NCC3CCCO3)c2)cc1. The molecular formula is C26H27N3O5S. The standard InChI is InChI=1S/C26H27N3O5S/c1-18-11-13-22(14-12-18)35(32,33)29-20-7-4-6-19(16-20)25(30)28-24-10-3-2-9-23(24)26(31)27-17-21-8-5-15-34-21/h2-4,6-7,9-14,16,21,29H,5,8,15,17H2,1H3,(H,27,31)(H,28,30). The lowest BCUT2D eigenvalue weighted by Crippen LogP contribution is -2.32. The highest BCUT2D eigenvalue weighted by atomic mass is 32.2. The van der Waals surface area contributed by atoms with E-state index in [1.807, 2.05) is 6.92 Å². The lowest BCUT2D eigenvalue weighted by molar-refractivity contribution is 0.0858. The molecule has 182 valence electrons. The molecule has 2 amide bonds. The highest BCUT2D eigenvalue weighted by Crippen LogP contribution is 2.20. The predicted molar refractivity (Wildman–Crippen MR) is 134 cm³/mol. The molecule has 9 heteroatoms. The number of benzene rings is 3. The average Bonchev–Trinajstić information content (AvgIpc) is 3.37. The Kier molecular flexibility index (Phi) is 7.48. The van der Waals surface area contributed by atoms with Crippen LogP contribution >= 0.6 is 0 Å². The van der Waals surface area contributed by atoms with Gasteiger partial charge in [-0.15, -0.1) is 0 Å². The molecular weight excluding hydrogens is 466 g/mol. The van der Waals surface area contributed by atoms with E-state index in [1.54, 1.807) is 54.6 Å². The van der Waals surface area contributed by atoms with Crippen molar-refractivity contribution in [3.8, 4) is 0 Å². The number of carbonyl (C=O) groups excluding carboxylic acids is 2. The zero-order valence-electron chi connectivity index (χ0n) is 19.3. The molecule has 1 atom stereocenters. The Bertz CT molecular complexity index is 1320. The smallest absolute Gasteiger partial charge is 0.261 e. The van der Waals surface area contributed by atoms with E-state index in [0.29, 0.717) is 24.4 Å². The van der Waals surface area contributed by atoms with Crippen molar-refractivity contribution in [1.82, 2.24) is 5.32 Å². The van der Waals surface area contributed by atoms with Crippen LogP contribution in [-0.2, 0) is 14.8 Å². The maximum Gasteiger partial charge on any atom is 0.261 e. The van der Waals surface area contributed by atoms with Gasteiger partial charge in [0.05, 0.1) is 22.3 Å². The summed E-state index contributed by atoms with van der Waals surface area (Å²) in [6.45, 7) is 2.98. The first-order valence-corrected chi connectivity index (χ1v) is 12.8. The highest BCUT2D eigenvalue weighted by molar-refractivity contribution is 7.92. The fraction of sp³-hybridized carbons (Fsp3) is 0.231. The fourth-order valence-electron chi connectivity index (χ4n) is 3.75. The molecule has 4 rings (SSSR count). The normalized spacial score (nSPS) is 15.4. The van der Waals surface area contributed by atoms with E-state index in [4.69, 9.17) is 4.74 Å². The van der Waals surface area contributed by atoms with Gasteiger partial charge in [0.1, 0.15) is 0 Å². The second-order valence-electron chi connectivity index (χ2n) is 8.34. The van der Waals surface area contributed by atoms with Gasteiger partial charge < -0.3 is 15.4 Å². The van der Waals surface area contributed by atoms with E-state index in [0.717, 1.165) is 18.4 Å². The first-order chi connectivity index (χ1) is 16.8. The van der Waals surface area contributed by atoms with Gasteiger partial charge in [-0.05, 0) is 62.2 Å². The zero-order chi connectivity index (χ0) is 24.8. The summed E-state index contributed by atoms with van der Waals surface area (Å²) >= 11 is 0. The van der Waals surface area contributed by atoms with Crippen molar-refractivity contribution in [1.29, 1.82) is 0 Å². The number of aryl methyl sites for hydroxylation is 1. The Balaban J connectivity index is 1.46. The Hall–Kier alpha value is -3.69. The van der Waals surface area contributed by atoms with Crippen LogP contribution in [0.1, 0.15) is 39.1 Å². The second-order valence-corrected chi connectivity index (χ2v) is 10.0. The molecule has 0 radical (unpaired) electrons. The minimum atomic E-state index is -3.81. The quantitative estimate of drug-likeness (QED) is 0.440. The lowest BCUT2D eigenvalue weighted by Gasteiger charge is -2.14. The molecule has 1 aliphatic rings. The van der Waals surface area contributed by atoms with Crippen LogP contribution in [-0.4, -0.2) is 39.5 Å². The molecule has 8 nitrogen and oxygen atoms in total. The van der Waals surface area contributed by atoms with Crippen molar-refractivity contribution < 1.29 is 22.7 Å². The maximum absolute atomic E-state index is 12.9. The van der Waals surface area contributed by atoms with Crippen LogP contribution in [0.15, 0.2) is 77.7 Å². The number of sulfonamides is 1. The molecule has 1 unspecified atom stereocenters. The Morgan fingerprint density at radius 3 is 2.49 bits per heavy atom. The molecule has 3 aromatic rings. The molecule has 0 spiro atoms. The third-order valence-electron chi connectivity index (χ3n) is 5.64. The number of hydrogen-bond acceptors (Lipinski definition) is 5. The van der Waals surface area contributed by atoms with Gasteiger partial charge in [0.15, 0.2) is 0 Å². The molecule has 0 bridgehead atoms. The number of hydrogen-bond donors (Lipinski definition) is 3. The van der Waals surface area contributed by atoms with Gasteiger partial charge in [0.25, 0.3) is 21.8 Å². The Labute approximate surface area is 204 Å². The van der Waals surface area contributed by atoms with E-state index in [1.165, 1.54) is 18.2 Å². The monoisotopic (exact) mass is 493 g/mol. The summed E-state index contributed by atoms with van der Waals surface area (Å²) in [5.74, 6) is -0.781. The van der Waals surface area contributed by atoms with E-state index in [-0.39, 0.29) is 28.2 Å². The number of carbonyl (C=O) groups is 2. The Morgan fingerprint density at radius 1 is 0.971 bits per heavy atom. The van der Waals surface area contributed by atoms with Gasteiger partial charge in [0.2, 0.25) is 0 Å². The van der Waals surface area contributed by atoms with E-state index < -0.39 is 15.9 Å². The van der Waals surface area contributed by atoms with E-state index in [9.17, 15) is 18.0 Å². The van der Waals surface area contributed by atoms with E-state index >= 15 is 0 Å². The molecule has 3 aromatic carbocycles. The van der Waals surface area contributed by atoms with E-state index in [2.05, 4.69) is 15.4 Å². The minimum absolute atomic E-state index is 0.00660. The topological polar surface area (TPSA) is 114 Å². The zero-order valence-corrected chi connectivity index (χ0v) is 20.1. The van der Waals surface area contributed by atoms with Crippen LogP contribution in [0.25, 0.3) is 0 Å². The van der Waals surface area contributed by atoms with Gasteiger partial charge >= 0.3 is 0 Å². The largest absolute Gasteiger partial charge is 0.376 e. The van der Waals surface area contributed by atoms with Crippen molar-refractivity contribution in [3.05, 3.63) is 89.5 Å². The molecule has 0 aliphatic carbocycles. The lowest BCUT2D eigenvalue weighted by atomic mass is 10.1. The van der Waals surface area contributed by atoms with Crippen LogP contribution in [0.2, 0.25) is 0 Å². The molecule has 1 heterocycles. The number of ether oxygens (including phenoxy) is 1. The molecule has 3 N–H and O–H groups in total. The number of para-hydroxylation sites is 1. The number of anilines is 2. The summed E-state index contributed by atoms with van der Waals surface area (Å²) in [6.07, 6.45) is 1.89. The third-order valence-corrected chi connectivity index (χ3v) is 7.04. The minimum Gasteiger partial charge on any atom is -0.376 e. The van der Waals surface area contributed by atoms with Crippen molar-refractivity contribution in [2.24, 2.45) is 0 Å². The predicted octanol–water partition coefficient (Wildman–Crippen LogP) is 3.96. The van der Waals surface area contributed by atoms with Crippen molar-refractivity contribution >= 4 is 33.2 Å². The van der Waals surface area contributed by atoms with Gasteiger partial charge in [-0.25, -0.2) is 8.42 Å². The first-order valence-electron chi connectivity index (χ1n) is 11.3. The first kappa shape index (κ1) is 24.4. The summed E-state index contributed by atoms with van der Waals surface area (Å²) in [5.41, 5.74) is 2.12. The summed E-state index contributed by atoms with van der Waals surface area (Å²) in [4.78, 5) is 25.8. The van der Waals surface area contributed by atoms with Crippen LogP contribution in [0, 0.1) is 6.92 Å². The van der Waals surface area contributed by atoms with Gasteiger partial charge in [-0.1, -0.05) is 35.9 Å². The maximum atomic E-state index is 12.9. The molecule has 0 aromatic heterocycles. The summed E-state index contributed by atoms with van der Waals surface area (Å²) < 4.78 is 33.4. The number of amides is 2. The number of rotatable bonds is 8. The molecule has 0 saturated carbocycles.